The van der Waals surface area contributed by atoms with Gasteiger partial charge in [-0.15, -0.1) is 0 Å². The number of halogens is 1. The number of nitrogens with zero attached hydrogens (tertiary/aromatic N) is 3. The summed E-state index contributed by atoms with van der Waals surface area (Å²) in [5, 5.41) is 4.15. The second-order valence-corrected chi connectivity index (χ2v) is 11.4. The Hall–Kier alpha value is -3.69. The van der Waals surface area contributed by atoms with Crippen molar-refractivity contribution in [1.29, 1.82) is 0 Å². The van der Waals surface area contributed by atoms with Crippen molar-refractivity contribution in [2.75, 3.05) is 10.6 Å². The molecule has 0 saturated heterocycles. The fraction of sp³-hybridized carbons (Fsp3) is 0.143. The molecule has 0 spiro atoms. The molecule has 7 nitrogen and oxygen atoms in total. The maximum atomic E-state index is 12.7. The lowest BCUT2D eigenvalue weighted by atomic mass is 10.2. The van der Waals surface area contributed by atoms with Gasteiger partial charge in [0.15, 0.2) is 0 Å². The molecule has 0 saturated carbocycles. The zero-order valence-electron chi connectivity index (χ0n) is 20.7. The average Bonchev–Trinajstić information content (AvgIpc) is 3.15. The van der Waals surface area contributed by atoms with Gasteiger partial charge >= 0.3 is 0 Å². The molecular formula is C28H27BrN4O3S. The van der Waals surface area contributed by atoms with E-state index < -0.39 is 15.9 Å². The lowest BCUT2D eigenvalue weighted by molar-refractivity contribution is 0.0955. The van der Waals surface area contributed by atoms with Crippen LogP contribution in [0.3, 0.4) is 0 Å². The highest BCUT2D eigenvalue weighted by molar-refractivity contribution is 9.10. The summed E-state index contributed by atoms with van der Waals surface area (Å²) in [5.74, 6) is -0.392. The zero-order chi connectivity index (χ0) is 26.6. The largest absolute Gasteiger partial charge is 0.317 e. The summed E-state index contributed by atoms with van der Waals surface area (Å²) in [5.41, 5.74) is 8.20. The molecule has 9 heteroatoms. The predicted octanol–water partition coefficient (Wildman–Crippen LogP) is 5.59. The van der Waals surface area contributed by atoms with E-state index in [1.807, 2.05) is 74.5 Å². The van der Waals surface area contributed by atoms with E-state index in [0.29, 0.717) is 11.3 Å². The van der Waals surface area contributed by atoms with Crippen LogP contribution in [0.15, 0.2) is 94.5 Å². The molecule has 0 aliphatic rings. The second-order valence-electron chi connectivity index (χ2n) is 8.61. The summed E-state index contributed by atoms with van der Waals surface area (Å²) in [6, 6.07) is 25.7. The van der Waals surface area contributed by atoms with E-state index in [1.165, 1.54) is 10.6 Å². The first-order valence-corrected chi connectivity index (χ1v) is 14.2. The van der Waals surface area contributed by atoms with Crippen LogP contribution in [0.25, 0.3) is 5.69 Å². The molecule has 0 atom stereocenters. The van der Waals surface area contributed by atoms with Gasteiger partial charge in [-0.3, -0.25) is 9.10 Å². The number of anilines is 1. The molecule has 0 aliphatic heterocycles. The van der Waals surface area contributed by atoms with Crippen LogP contribution in [-0.4, -0.2) is 31.4 Å². The van der Waals surface area contributed by atoms with E-state index in [9.17, 15) is 13.2 Å². The SMILES string of the molecule is Cc1cc(/C=N\NC(=O)c2ccc(N(Cc3ccccc3)S(C)(=O)=O)cc2)c(C)n1-c1ccccc1Br. The summed E-state index contributed by atoms with van der Waals surface area (Å²) in [6.07, 6.45) is 2.78. The van der Waals surface area contributed by atoms with Crippen LogP contribution in [0.5, 0.6) is 0 Å². The lowest BCUT2D eigenvalue weighted by Gasteiger charge is -2.22. The first-order chi connectivity index (χ1) is 17.6. The Morgan fingerprint density at radius 3 is 2.30 bits per heavy atom. The Balaban J connectivity index is 1.47. The molecule has 190 valence electrons. The molecular weight excluding hydrogens is 552 g/mol. The normalized spacial score (nSPS) is 11.6. The molecule has 0 fully saturated rings. The molecule has 0 aliphatic carbocycles. The van der Waals surface area contributed by atoms with Gasteiger partial charge in [0, 0.05) is 27.0 Å². The van der Waals surface area contributed by atoms with Gasteiger partial charge in [0.1, 0.15) is 0 Å². The minimum atomic E-state index is -3.52. The Kier molecular flexibility index (Phi) is 7.94. The number of hydrogen-bond acceptors (Lipinski definition) is 4. The molecule has 0 bridgehead atoms. The Bertz CT molecular complexity index is 1550. The minimum Gasteiger partial charge on any atom is -0.317 e. The molecule has 0 radical (unpaired) electrons. The number of rotatable bonds is 8. The van der Waals surface area contributed by atoms with Gasteiger partial charge in [-0.1, -0.05) is 42.5 Å². The molecule has 1 N–H and O–H groups in total. The van der Waals surface area contributed by atoms with Gasteiger partial charge in [0.05, 0.1) is 30.4 Å². The van der Waals surface area contributed by atoms with Crippen molar-refractivity contribution in [3.63, 3.8) is 0 Å². The summed E-state index contributed by atoms with van der Waals surface area (Å²) in [4.78, 5) is 12.7. The van der Waals surface area contributed by atoms with Crippen LogP contribution in [0.4, 0.5) is 5.69 Å². The number of carbonyl (C=O) groups excluding carboxylic acids is 1. The van der Waals surface area contributed by atoms with Crippen molar-refractivity contribution in [1.82, 2.24) is 9.99 Å². The van der Waals surface area contributed by atoms with Crippen LogP contribution < -0.4 is 9.73 Å². The van der Waals surface area contributed by atoms with Crippen molar-refractivity contribution in [2.45, 2.75) is 20.4 Å². The Morgan fingerprint density at radius 1 is 1.00 bits per heavy atom. The van der Waals surface area contributed by atoms with Crippen LogP contribution in [0, 0.1) is 13.8 Å². The van der Waals surface area contributed by atoms with Crippen LogP contribution in [0.1, 0.15) is 32.9 Å². The number of benzene rings is 3. The number of amides is 1. The monoisotopic (exact) mass is 578 g/mol. The maximum absolute atomic E-state index is 12.7. The third-order valence-electron chi connectivity index (χ3n) is 5.92. The fourth-order valence-electron chi connectivity index (χ4n) is 4.08. The van der Waals surface area contributed by atoms with E-state index in [2.05, 4.69) is 31.0 Å². The van der Waals surface area contributed by atoms with E-state index in [0.717, 1.165) is 32.7 Å². The predicted molar refractivity (Wildman–Crippen MR) is 152 cm³/mol. The number of aromatic nitrogens is 1. The van der Waals surface area contributed by atoms with Crippen LogP contribution >= 0.6 is 15.9 Å². The molecule has 0 unspecified atom stereocenters. The Labute approximate surface area is 225 Å². The lowest BCUT2D eigenvalue weighted by Crippen LogP contribution is -2.29. The number of carbonyl (C=O) groups is 1. The van der Waals surface area contributed by atoms with Crippen LogP contribution in [-0.2, 0) is 16.6 Å². The second kappa shape index (κ2) is 11.1. The van der Waals surface area contributed by atoms with E-state index in [-0.39, 0.29) is 6.54 Å². The molecule has 37 heavy (non-hydrogen) atoms. The third kappa shape index (κ3) is 6.18. The molecule has 1 heterocycles. The van der Waals surface area contributed by atoms with Gasteiger partial charge < -0.3 is 4.57 Å². The first kappa shape index (κ1) is 26.4. The van der Waals surface area contributed by atoms with Crippen molar-refractivity contribution in [3.05, 3.63) is 117 Å². The standard InChI is InChI=1S/C28H27BrN4O3S/c1-20-17-24(21(2)33(20)27-12-8-7-11-26(27)29)18-30-31-28(34)23-13-15-25(16-14-23)32(37(3,35)36)19-22-9-5-4-6-10-22/h4-18H,19H2,1-3H3,(H,31,34)/b30-18-. The van der Waals surface area contributed by atoms with Crippen molar-refractivity contribution in [3.8, 4) is 5.69 Å². The molecule has 4 rings (SSSR count). The number of para-hydroxylation sites is 1. The smallest absolute Gasteiger partial charge is 0.271 e. The third-order valence-corrected chi connectivity index (χ3v) is 7.73. The highest BCUT2D eigenvalue weighted by atomic mass is 79.9. The van der Waals surface area contributed by atoms with Crippen molar-refractivity contribution < 1.29 is 13.2 Å². The summed E-state index contributed by atoms with van der Waals surface area (Å²) >= 11 is 3.60. The molecule has 3 aromatic carbocycles. The fourth-order valence-corrected chi connectivity index (χ4v) is 5.43. The number of sulfonamides is 1. The summed E-state index contributed by atoms with van der Waals surface area (Å²) in [7, 11) is -3.52. The highest BCUT2D eigenvalue weighted by Gasteiger charge is 2.18. The van der Waals surface area contributed by atoms with E-state index in [4.69, 9.17) is 0 Å². The molecule has 4 aromatic rings. The number of nitrogens with one attached hydrogen (secondary N) is 1. The van der Waals surface area contributed by atoms with E-state index >= 15 is 0 Å². The topological polar surface area (TPSA) is 83.8 Å². The van der Waals surface area contributed by atoms with E-state index in [1.54, 1.807) is 30.5 Å². The first-order valence-electron chi connectivity index (χ1n) is 11.5. The maximum Gasteiger partial charge on any atom is 0.271 e. The molecule has 1 aromatic heterocycles. The number of hydrogen-bond donors (Lipinski definition) is 1. The zero-order valence-corrected chi connectivity index (χ0v) is 23.1. The summed E-state index contributed by atoms with van der Waals surface area (Å²) in [6.45, 7) is 4.21. The van der Waals surface area contributed by atoms with Crippen LogP contribution in [0.2, 0.25) is 0 Å². The minimum absolute atomic E-state index is 0.202. The summed E-state index contributed by atoms with van der Waals surface area (Å²) < 4.78 is 29.2. The molecule has 1 amide bonds. The highest BCUT2D eigenvalue weighted by Crippen LogP contribution is 2.26. The number of hydrazone groups is 1. The van der Waals surface area contributed by atoms with Crippen molar-refractivity contribution in [2.24, 2.45) is 5.10 Å². The Morgan fingerprint density at radius 2 is 1.65 bits per heavy atom. The van der Waals surface area contributed by atoms with Gasteiger partial charge in [-0.2, -0.15) is 5.10 Å². The average molecular weight is 580 g/mol. The quantitative estimate of drug-likeness (QED) is 0.218. The number of aryl methyl sites for hydroxylation is 1. The van der Waals surface area contributed by atoms with Gasteiger partial charge in [-0.25, -0.2) is 13.8 Å². The van der Waals surface area contributed by atoms with Gasteiger partial charge in [0.25, 0.3) is 5.91 Å². The van der Waals surface area contributed by atoms with Gasteiger partial charge in [-0.05, 0) is 77.8 Å². The van der Waals surface area contributed by atoms with Gasteiger partial charge in [0.2, 0.25) is 10.0 Å². The van der Waals surface area contributed by atoms with Crippen molar-refractivity contribution >= 4 is 43.8 Å².